The zero-order chi connectivity index (χ0) is 15.1. The molecule has 22 heavy (non-hydrogen) atoms. The molecule has 2 aliphatic rings. The maximum Gasteiger partial charge on any atom is 0.247 e. The van der Waals surface area contributed by atoms with Crippen LogP contribution in [-0.4, -0.2) is 32.2 Å². The van der Waals surface area contributed by atoms with Crippen LogP contribution in [0, 0.1) is 5.92 Å². The van der Waals surface area contributed by atoms with Gasteiger partial charge in [-0.05, 0) is 25.7 Å². The third-order valence-corrected chi connectivity index (χ3v) is 4.46. The molecule has 0 unspecified atom stereocenters. The molecule has 7 heteroatoms. The summed E-state index contributed by atoms with van der Waals surface area (Å²) in [7, 11) is 0. The average Bonchev–Trinajstić information content (AvgIpc) is 3.08. The first kappa shape index (κ1) is 13.5. The van der Waals surface area contributed by atoms with Gasteiger partial charge in [-0.15, -0.1) is 0 Å². The van der Waals surface area contributed by atoms with Crippen molar-refractivity contribution in [1.82, 2.24) is 19.5 Å². The van der Waals surface area contributed by atoms with Crippen LogP contribution in [0.15, 0.2) is 18.5 Å². The summed E-state index contributed by atoms with van der Waals surface area (Å²) in [6.45, 7) is -0.0905. The first-order valence-corrected chi connectivity index (χ1v) is 7.67. The number of anilines is 1. The fourth-order valence-corrected chi connectivity index (χ4v) is 2.96. The Hall–Kier alpha value is -2.15. The number of hydrogen-bond donors (Lipinski definition) is 1. The van der Waals surface area contributed by atoms with Gasteiger partial charge < -0.3 is 15.0 Å². The highest BCUT2D eigenvalue weighted by atomic mass is 16.5. The molecule has 2 atom stereocenters. The van der Waals surface area contributed by atoms with Crippen LogP contribution in [0.25, 0.3) is 11.2 Å². The van der Waals surface area contributed by atoms with Gasteiger partial charge in [-0.25, -0.2) is 10.1 Å². The molecule has 1 fully saturated rings. The largest absolute Gasteiger partial charge is 0.473 e. The third-order valence-electron chi connectivity index (χ3n) is 4.46. The third kappa shape index (κ3) is 2.21. The SMILES string of the molecule is Nc1nc(OC2CCC2)c2ncn([C@H]3C=C[C@@H](C[O])C3)c2n1. The Kier molecular flexibility index (Phi) is 3.22. The molecule has 115 valence electrons. The van der Waals surface area contributed by atoms with Crippen molar-refractivity contribution in [2.75, 3.05) is 12.3 Å². The van der Waals surface area contributed by atoms with Crippen LogP contribution in [0.5, 0.6) is 5.88 Å². The van der Waals surface area contributed by atoms with E-state index in [-0.39, 0.29) is 30.6 Å². The van der Waals surface area contributed by atoms with E-state index in [0.29, 0.717) is 17.0 Å². The molecule has 2 aromatic rings. The van der Waals surface area contributed by atoms with Crippen molar-refractivity contribution in [3.63, 3.8) is 0 Å². The molecular weight excluding hydrogens is 282 g/mol. The number of rotatable bonds is 4. The minimum absolute atomic E-state index is 0.0762. The van der Waals surface area contributed by atoms with Crippen molar-refractivity contribution in [3.8, 4) is 5.88 Å². The van der Waals surface area contributed by atoms with Gasteiger partial charge in [-0.3, -0.25) is 0 Å². The molecular formula is C15H18N5O2. The van der Waals surface area contributed by atoms with E-state index in [1.807, 2.05) is 16.7 Å². The van der Waals surface area contributed by atoms with E-state index in [1.165, 1.54) is 6.42 Å². The minimum atomic E-state index is -0.0905. The molecule has 0 aromatic carbocycles. The van der Waals surface area contributed by atoms with Gasteiger partial charge in [-0.1, -0.05) is 12.2 Å². The molecule has 1 radical (unpaired) electrons. The van der Waals surface area contributed by atoms with Gasteiger partial charge >= 0.3 is 0 Å². The Labute approximate surface area is 127 Å². The molecule has 2 N–H and O–H groups in total. The number of aromatic nitrogens is 4. The van der Waals surface area contributed by atoms with Crippen molar-refractivity contribution in [1.29, 1.82) is 0 Å². The van der Waals surface area contributed by atoms with Crippen LogP contribution in [0.2, 0.25) is 0 Å². The Balaban J connectivity index is 1.70. The van der Waals surface area contributed by atoms with Crippen molar-refractivity contribution in [3.05, 3.63) is 18.5 Å². The molecule has 0 spiro atoms. The zero-order valence-corrected chi connectivity index (χ0v) is 12.2. The highest BCUT2D eigenvalue weighted by Gasteiger charge is 2.26. The summed E-state index contributed by atoms with van der Waals surface area (Å²) >= 11 is 0. The van der Waals surface area contributed by atoms with Crippen molar-refractivity contribution in [2.24, 2.45) is 5.92 Å². The maximum absolute atomic E-state index is 11.0. The number of ether oxygens (including phenoxy) is 1. The van der Waals surface area contributed by atoms with Crippen LogP contribution >= 0.6 is 0 Å². The summed E-state index contributed by atoms with van der Waals surface area (Å²) < 4.78 is 7.84. The van der Waals surface area contributed by atoms with Crippen LogP contribution < -0.4 is 10.5 Å². The molecule has 0 amide bonds. The lowest BCUT2D eigenvalue weighted by Gasteiger charge is -2.25. The van der Waals surface area contributed by atoms with E-state index in [9.17, 15) is 5.11 Å². The van der Waals surface area contributed by atoms with Crippen molar-refractivity contribution >= 4 is 17.1 Å². The normalized spacial score (nSPS) is 24.8. The number of nitrogens with zero attached hydrogens (tertiary/aromatic N) is 4. The Morgan fingerprint density at radius 2 is 2.18 bits per heavy atom. The summed E-state index contributed by atoms with van der Waals surface area (Å²) in [4.78, 5) is 12.9. The van der Waals surface area contributed by atoms with E-state index in [4.69, 9.17) is 10.5 Å². The van der Waals surface area contributed by atoms with Gasteiger partial charge in [0.1, 0.15) is 6.10 Å². The molecule has 0 bridgehead atoms. The van der Waals surface area contributed by atoms with Crippen molar-refractivity contribution in [2.45, 2.75) is 37.8 Å². The summed E-state index contributed by atoms with van der Waals surface area (Å²) in [5.74, 6) is 0.728. The summed E-state index contributed by atoms with van der Waals surface area (Å²) in [5, 5.41) is 11.0. The van der Waals surface area contributed by atoms with Gasteiger partial charge in [-0.2, -0.15) is 9.97 Å². The zero-order valence-electron chi connectivity index (χ0n) is 12.2. The van der Waals surface area contributed by atoms with E-state index < -0.39 is 0 Å². The van der Waals surface area contributed by atoms with Gasteiger partial charge in [0, 0.05) is 5.92 Å². The summed E-state index contributed by atoms with van der Waals surface area (Å²) in [5.41, 5.74) is 7.14. The molecule has 4 rings (SSSR count). The minimum Gasteiger partial charge on any atom is -0.473 e. The fraction of sp³-hybridized carbons (Fsp3) is 0.533. The van der Waals surface area contributed by atoms with Gasteiger partial charge in [0.2, 0.25) is 11.8 Å². The Morgan fingerprint density at radius 1 is 1.32 bits per heavy atom. The smallest absolute Gasteiger partial charge is 0.247 e. The molecule has 2 aliphatic carbocycles. The Bertz CT molecular complexity index is 722. The average molecular weight is 300 g/mol. The maximum atomic E-state index is 11.0. The number of hydrogen-bond acceptors (Lipinski definition) is 5. The predicted octanol–water partition coefficient (Wildman–Crippen LogP) is 1.89. The second kappa shape index (κ2) is 5.24. The summed E-state index contributed by atoms with van der Waals surface area (Å²) in [6.07, 6.45) is 10.00. The lowest BCUT2D eigenvalue weighted by molar-refractivity contribution is 0.116. The number of nitrogen functional groups attached to an aromatic ring is 1. The topological polar surface area (TPSA) is 98.8 Å². The molecule has 0 saturated heterocycles. The number of imidazole rings is 1. The summed E-state index contributed by atoms with van der Waals surface area (Å²) in [6, 6.07) is 0.0924. The lowest BCUT2D eigenvalue weighted by atomic mass is 9.96. The monoisotopic (exact) mass is 300 g/mol. The fourth-order valence-electron chi connectivity index (χ4n) is 2.96. The van der Waals surface area contributed by atoms with Crippen LogP contribution in [-0.2, 0) is 5.11 Å². The highest BCUT2D eigenvalue weighted by molar-refractivity contribution is 5.77. The highest BCUT2D eigenvalue weighted by Crippen LogP contribution is 2.33. The van der Waals surface area contributed by atoms with Gasteiger partial charge in [0.05, 0.1) is 19.0 Å². The Morgan fingerprint density at radius 3 is 2.86 bits per heavy atom. The molecule has 0 aliphatic heterocycles. The molecule has 2 aromatic heterocycles. The van der Waals surface area contributed by atoms with Gasteiger partial charge in [0.25, 0.3) is 0 Å². The molecule has 7 nitrogen and oxygen atoms in total. The first-order valence-electron chi connectivity index (χ1n) is 7.67. The van der Waals surface area contributed by atoms with Crippen molar-refractivity contribution < 1.29 is 9.84 Å². The quantitative estimate of drug-likeness (QED) is 0.869. The number of nitrogens with two attached hydrogens (primary N) is 1. The van der Waals surface area contributed by atoms with Crippen LogP contribution in [0.1, 0.15) is 31.7 Å². The predicted molar refractivity (Wildman–Crippen MR) is 79.8 cm³/mol. The van der Waals surface area contributed by atoms with E-state index in [0.717, 1.165) is 19.3 Å². The second-order valence-electron chi connectivity index (χ2n) is 6.00. The van der Waals surface area contributed by atoms with E-state index in [1.54, 1.807) is 6.33 Å². The van der Waals surface area contributed by atoms with Crippen LogP contribution in [0.3, 0.4) is 0 Å². The van der Waals surface area contributed by atoms with E-state index >= 15 is 0 Å². The number of fused-ring (bicyclic) bond motifs is 1. The molecule has 1 saturated carbocycles. The van der Waals surface area contributed by atoms with E-state index in [2.05, 4.69) is 15.0 Å². The first-order chi connectivity index (χ1) is 10.7. The second-order valence-corrected chi connectivity index (χ2v) is 6.00. The standard InChI is InChI=1S/C15H18N5O2/c16-15-18-13-12(14(19-15)22-11-2-1-3-11)17-8-20(13)10-5-4-9(6-10)7-21/h4-5,8-11H,1-3,6-7H2,(H2,16,18,19)/t9-,10+/m1/s1. The van der Waals surface area contributed by atoms with Crippen LogP contribution in [0.4, 0.5) is 5.95 Å². The number of allylic oxidation sites excluding steroid dienone is 1. The van der Waals surface area contributed by atoms with Gasteiger partial charge in [0.15, 0.2) is 11.2 Å². The lowest BCUT2D eigenvalue weighted by Crippen LogP contribution is -2.25. The molecule has 2 heterocycles.